The van der Waals surface area contributed by atoms with E-state index in [-0.39, 0.29) is 43.9 Å². The van der Waals surface area contributed by atoms with Gasteiger partial charge < -0.3 is 69.5 Å². The van der Waals surface area contributed by atoms with Crippen molar-refractivity contribution >= 4 is 65.2 Å². The highest BCUT2D eigenvalue weighted by atomic mass is 16.4. The first-order valence-corrected chi connectivity index (χ1v) is 21.5. The monoisotopic (exact) mass is 950 g/mol. The van der Waals surface area contributed by atoms with Gasteiger partial charge in [0.1, 0.15) is 48.0 Å². The van der Waals surface area contributed by atoms with Gasteiger partial charge in [-0.2, -0.15) is 0 Å². The SMILES string of the molecule is CCC(C)C(NC(=O)C(CCC(=O)O)NC(=O)C(CCC(N)=O)NC(=O)C(CCC(=O)O)NC(=O)C(Cc1ccc(O)cc1)NN)C(=O)NC(CCCN=C(N)N)C(=O)NC(C(=O)O)C(C)C. The Morgan fingerprint density at radius 1 is 0.582 bits per heavy atom. The van der Waals surface area contributed by atoms with Crippen LogP contribution >= 0.6 is 0 Å². The number of hydrazine groups is 1. The second-order valence-electron chi connectivity index (χ2n) is 16.1. The number of carbonyl (C=O) groups excluding carboxylic acids is 7. The van der Waals surface area contributed by atoms with E-state index in [1.807, 2.05) is 0 Å². The molecule has 0 bridgehead atoms. The van der Waals surface area contributed by atoms with Crippen molar-refractivity contribution in [2.24, 2.45) is 39.9 Å². The molecule has 0 aliphatic rings. The molecule has 67 heavy (non-hydrogen) atoms. The molecule has 374 valence electrons. The number of aliphatic imine (C=N–C) groups is 1. The van der Waals surface area contributed by atoms with Gasteiger partial charge in [0, 0.05) is 25.8 Å². The molecule has 0 aromatic heterocycles. The molecule has 26 nitrogen and oxygen atoms in total. The molecule has 0 aliphatic heterocycles. The molecule has 0 aliphatic carbocycles. The molecule has 0 spiro atoms. The molecule has 1 aromatic carbocycles. The highest BCUT2D eigenvalue weighted by Crippen LogP contribution is 2.14. The van der Waals surface area contributed by atoms with Crippen molar-refractivity contribution in [1.82, 2.24) is 37.3 Å². The second-order valence-corrected chi connectivity index (χ2v) is 16.1. The number of nitrogens with two attached hydrogens (primary N) is 4. The third-order valence-electron chi connectivity index (χ3n) is 10.4. The molecule has 0 saturated heterocycles. The number of phenols is 1. The Morgan fingerprint density at radius 2 is 1.00 bits per heavy atom. The van der Waals surface area contributed by atoms with Gasteiger partial charge in [-0.15, -0.1) is 0 Å². The smallest absolute Gasteiger partial charge is 0.326 e. The quantitative estimate of drug-likeness (QED) is 0.0110. The minimum Gasteiger partial charge on any atom is -0.508 e. The number of carboxylic acid groups (broad SMARTS) is 3. The summed E-state index contributed by atoms with van der Waals surface area (Å²) < 4.78 is 0. The topological polar surface area (TPSA) is 452 Å². The van der Waals surface area contributed by atoms with Crippen molar-refractivity contribution in [1.29, 1.82) is 0 Å². The van der Waals surface area contributed by atoms with Crippen molar-refractivity contribution < 1.29 is 68.4 Å². The average molecular weight is 951 g/mol. The molecule has 26 heteroatoms. The highest BCUT2D eigenvalue weighted by Gasteiger charge is 2.36. The summed E-state index contributed by atoms with van der Waals surface area (Å²) in [6, 6.07) is -4.56. The largest absolute Gasteiger partial charge is 0.508 e. The number of guanidine groups is 1. The number of nitrogens with one attached hydrogen (secondary N) is 7. The molecule has 8 unspecified atom stereocenters. The van der Waals surface area contributed by atoms with Gasteiger partial charge in [-0.05, 0) is 68.1 Å². The summed E-state index contributed by atoms with van der Waals surface area (Å²) in [6.45, 7) is 6.42. The summed E-state index contributed by atoms with van der Waals surface area (Å²) in [5.41, 5.74) is 19.0. The molecule has 1 aromatic rings. The van der Waals surface area contributed by atoms with Crippen LogP contribution < -0.4 is 60.4 Å². The Balaban J connectivity index is 3.49. The Hall–Kier alpha value is -7.09. The maximum Gasteiger partial charge on any atom is 0.326 e. The molecule has 19 N–H and O–H groups in total. The summed E-state index contributed by atoms with van der Waals surface area (Å²) in [5.74, 6) is -6.79. The molecule has 0 saturated carbocycles. The van der Waals surface area contributed by atoms with Gasteiger partial charge >= 0.3 is 17.9 Å². The number of primary amides is 1. The van der Waals surface area contributed by atoms with Gasteiger partial charge in [-0.25, -0.2) is 10.2 Å². The predicted molar refractivity (Wildman–Crippen MR) is 239 cm³/mol. The third kappa shape index (κ3) is 22.1. The first-order valence-electron chi connectivity index (χ1n) is 21.5. The maximum absolute atomic E-state index is 14.0. The van der Waals surface area contributed by atoms with E-state index in [4.69, 9.17) is 23.0 Å². The number of nitrogens with zero attached hydrogens (tertiary/aromatic N) is 1. The van der Waals surface area contributed by atoms with Crippen molar-refractivity contribution in [3.8, 4) is 5.75 Å². The number of phenolic OH excluding ortho intramolecular Hbond substituents is 1. The number of aliphatic carboxylic acids is 3. The van der Waals surface area contributed by atoms with E-state index in [0.29, 0.717) is 5.56 Å². The van der Waals surface area contributed by atoms with Crippen LogP contribution in [0.5, 0.6) is 5.75 Å². The minimum atomic E-state index is -1.71. The number of benzene rings is 1. The summed E-state index contributed by atoms with van der Waals surface area (Å²) in [6.07, 6.45) is -3.10. The van der Waals surface area contributed by atoms with E-state index in [1.54, 1.807) is 27.7 Å². The van der Waals surface area contributed by atoms with E-state index in [0.717, 1.165) is 0 Å². The van der Waals surface area contributed by atoms with Crippen LogP contribution in [0.15, 0.2) is 29.3 Å². The number of amides is 7. The van der Waals surface area contributed by atoms with Crippen LogP contribution in [-0.4, -0.2) is 134 Å². The Labute approximate surface area is 386 Å². The molecule has 0 heterocycles. The van der Waals surface area contributed by atoms with E-state index < -0.39 is 152 Å². The van der Waals surface area contributed by atoms with Crippen LogP contribution in [0.25, 0.3) is 0 Å². The zero-order valence-corrected chi connectivity index (χ0v) is 37.9. The van der Waals surface area contributed by atoms with Gasteiger partial charge in [0.15, 0.2) is 5.96 Å². The standard InChI is InChI=1S/C41H66N12O14/c1-5-21(4)33(39(65)50-24(7-6-18-46-41(43)44)36(62)51-32(20(2)3)40(66)67)52-37(63)27(14-17-31(58)59)48-34(60)25(12-15-29(42)55)47-35(61)26(13-16-30(56)57)49-38(64)28(53-45)19-22-8-10-23(54)11-9-22/h8-11,20-21,24-28,32-33,53-54H,5-7,12-19,45H2,1-4H3,(H2,42,55)(H,47,61)(H,48,60)(H,49,64)(H,50,65)(H,51,62)(H,52,63)(H,56,57)(H,58,59)(H,66,67)(H4,43,44,46). The summed E-state index contributed by atoms with van der Waals surface area (Å²) in [5, 5.41) is 52.7. The lowest BCUT2D eigenvalue weighted by Crippen LogP contribution is -2.61. The van der Waals surface area contributed by atoms with Crippen LogP contribution in [0, 0.1) is 11.8 Å². The van der Waals surface area contributed by atoms with Gasteiger partial charge in [0.05, 0.1) is 0 Å². The first kappa shape index (κ1) is 57.9. The Bertz CT molecular complexity index is 1910. The number of hydrogen-bond acceptors (Lipinski definition) is 14. The maximum atomic E-state index is 14.0. The lowest BCUT2D eigenvalue weighted by molar-refractivity contribution is -0.144. The van der Waals surface area contributed by atoms with E-state index >= 15 is 0 Å². The second kappa shape index (κ2) is 29.4. The van der Waals surface area contributed by atoms with Crippen LogP contribution in [0.2, 0.25) is 0 Å². The van der Waals surface area contributed by atoms with E-state index in [1.165, 1.54) is 24.3 Å². The fourth-order valence-electron chi connectivity index (χ4n) is 6.30. The number of hydrogen-bond donors (Lipinski definition) is 15. The third-order valence-corrected chi connectivity index (χ3v) is 10.4. The fourth-order valence-corrected chi connectivity index (χ4v) is 6.30. The number of rotatable bonds is 32. The Morgan fingerprint density at radius 3 is 1.40 bits per heavy atom. The zero-order chi connectivity index (χ0) is 51.0. The van der Waals surface area contributed by atoms with Gasteiger partial charge in [0.2, 0.25) is 41.4 Å². The predicted octanol–water partition coefficient (Wildman–Crippen LogP) is -3.49. The first-order chi connectivity index (χ1) is 31.4. The van der Waals surface area contributed by atoms with Gasteiger partial charge in [-0.1, -0.05) is 46.2 Å². The highest BCUT2D eigenvalue weighted by molar-refractivity contribution is 5.97. The van der Waals surface area contributed by atoms with Gasteiger partial charge in [-0.3, -0.25) is 54.0 Å². The molecule has 8 atom stereocenters. The summed E-state index contributed by atoms with van der Waals surface area (Å²) >= 11 is 0. The fraction of sp³-hybridized carbons (Fsp3) is 0.585. The molecule has 7 amide bonds. The molecule has 0 radical (unpaired) electrons. The van der Waals surface area contributed by atoms with Crippen molar-refractivity contribution in [3.05, 3.63) is 29.8 Å². The summed E-state index contributed by atoms with van der Waals surface area (Å²) in [4.78, 5) is 133. The van der Waals surface area contributed by atoms with Crippen molar-refractivity contribution in [3.63, 3.8) is 0 Å². The summed E-state index contributed by atoms with van der Waals surface area (Å²) in [7, 11) is 0. The van der Waals surface area contributed by atoms with E-state index in [2.05, 4.69) is 42.3 Å². The number of carboxylic acids is 3. The molecule has 0 fully saturated rings. The minimum absolute atomic E-state index is 0.0395. The molecule has 1 rings (SSSR count). The lowest BCUT2D eigenvalue weighted by atomic mass is 9.96. The normalized spacial score (nSPS) is 14.5. The van der Waals surface area contributed by atoms with Crippen LogP contribution in [0.1, 0.15) is 91.0 Å². The van der Waals surface area contributed by atoms with Gasteiger partial charge in [0.25, 0.3) is 0 Å². The van der Waals surface area contributed by atoms with E-state index in [9.17, 15) is 68.4 Å². The molecular formula is C41H66N12O14. The van der Waals surface area contributed by atoms with Crippen LogP contribution in [0.4, 0.5) is 0 Å². The zero-order valence-electron chi connectivity index (χ0n) is 37.9. The average Bonchev–Trinajstić information content (AvgIpc) is 3.25. The lowest BCUT2D eigenvalue weighted by Gasteiger charge is -2.29. The number of aromatic hydroxyl groups is 1. The van der Waals surface area contributed by atoms with Crippen LogP contribution in [0.3, 0.4) is 0 Å². The van der Waals surface area contributed by atoms with Crippen molar-refractivity contribution in [2.75, 3.05) is 6.54 Å². The van der Waals surface area contributed by atoms with Crippen molar-refractivity contribution in [2.45, 2.75) is 134 Å². The van der Waals surface area contributed by atoms with Crippen LogP contribution in [-0.2, 0) is 54.4 Å². The number of carbonyl (C=O) groups is 10. The molecular weight excluding hydrogens is 885 g/mol. The Kier molecular flexibility index (Phi) is 25.5.